The summed E-state index contributed by atoms with van der Waals surface area (Å²) in [6.07, 6.45) is -0.855. The first-order valence-electron chi connectivity index (χ1n) is 3.93. The molecule has 0 amide bonds. The Balaban J connectivity index is 3.15. The summed E-state index contributed by atoms with van der Waals surface area (Å²) in [6, 6.07) is 2.37. The van der Waals surface area contributed by atoms with Crippen molar-refractivity contribution in [2.24, 2.45) is 5.73 Å². The molecular weight excluding hydrogens is 173 g/mol. The molecule has 72 valence electrons. The maximum Gasteiger partial charge on any atom is 0.165 e. The van der Waals surface area contributed by atoms with Crippen molar-refractivity contribution in [3.8, 4) is 5.75 Å². The molecule has 13 heavy (non-hydrogen) atoms. The summed E-state index contributed by atoms with van der Waals surface area (Å²) in [4.78, 5) is 0. The highest BCUT2D eigenvalue weighted by Crippen LogP contribution is 2.24. The molecule has 1 rings (SSSR count). The average Bonchev–Trinajstić information content (AvgIpc) is 2.10. The predicted molar refractivity (Wildman–Crippen MR) is 46.8 cm³/mol. The second kappa shape index (κ2) is 3.72. The van der Waals surface area contributed by atoms with Crippen molar-refractivity contribution < 1.29 is 14.6 Å². The third-order valence-electron chi connectivity index (χ3n) is 1.92. The molecule has 4 heteroatoms. The Labute approximate surface area is 75.6 Å². The van der Waals surface area contributed by atoms with Gasteiger partial charge in [0.25, 0.3) is 0 Å². The Morgan fingerprint density at radius 2 is 2.15 bits per heavy atom. The molecule has 0 heterocycles. The number of phenols is 1. The largest absolute Gasteiger partial charge is 0.505 e. The van der Waals surface area contributed by atoms with Gasteiger partial charge in [-0.3, -0.25) is 0 Å². The molecule has 1 aromatic carbocycles. The van der Waals surface area contributed by atoms with E-state index in [1.54, 1.807) is 6.92 Å². The Bertz CT molecular complexity index is 315. The van der Waals surface area contributed by atoms with E-state index in [2.05, 4.69) is 0 Å². The van der Waals surface area contributed by atoms with Crippen LogP contribution in [0.1, 0.15) is 17.2 Å². The Kier molecular flexibility index (Phi) is 2.85. The van der Waals surface area contributed by atoms with Gasteiger partial charge in [0.15, 0.2) is 11.6 Å². The minimum absolute atomic E-state index is 0.0475. The van der Waals surface area contributed by atoms with Crippen molar-refractivity contribution in [1.29, 1.82) is 0 Å². The molecule has 0 aliphatic rings. The fourth-order valence-corrected chi connectivity index (χ4v) is 1.16. The molecule has 0 fully saturated rings. The van der Waals surface area contributed by atoms with Gasteiger partial charge in [0, 0.05) is 6.54 Å². The lowest BCUT2D eigenvalue weighted by molar-refractivity contribution is 0.185. The van der Waals surface area contributed by atoms with E-state index in [1.165, 1.54) is 12.1 Å². The van der Waals surface area contributed by atoms with Crippen LogP contribution in [0.2, 0.25) is 0 Å². The van der Waals surface area contributed by atoms with Gasteiger partial charge in [-0.1, -0.05) is 0 Å². The lowest BCUT2D eigenvalue weighted by atomic mass is 10.0. The molecular formula is C9H12FNO2. The van der Waals surface area contributed by atoms with E-state index < -0.39 is 17.7 Å². The normalized spacial score (nSPS) is 12.9. The SMILES string of the molecule is Cc1cc(F)c(O)cc1C(O)CN. The fourth-order valence-electron chi connectivity index (χ4n) is 1.16. The van der Waals surface area contributed by atoms with Gasteiger partial charge in [0.2, 0.25) is 0 Å². The topological polar surface area (TPSA) is 66.5 Å². The maximum atomic E-state index is 12.8. The number of aliphatic hydroxyl groups is 1. The van der Waals surface area contributed by atoms with Gasteiger partial charge >= 0.3 is 0 Å². The van der Waals surface area contributed by atoms with Crippen molar-refractivity contribution in [2.45, 2.75) is 13.0 Å². The first-order chi connectivity index (χ1) is 6.06. The van der Waals surface area contributed by atoms with Crippen LogP contribution < -0.4 is 5.73 Å². The van der Waals surface area contributed by atoms with E-state index in [0.717, 1.165) is 0 Å². The quantitative estimate of drug-likeness (QED) is 0.639. The van der Waals surface area contributed by atoms with Crippen LogP contribution in [0.5, 0.6) is 5.75 Å². The molecule has 1 atom stereocenters. The number of phenolic OH excluding ortho intramolecular Hbond substituents is 1. The lowest BCUT2D eigenvalue weighted by Gasteiger charge is -2.11. The highest BCUT2D eigenvalue weighted by molar-refractivity contribution is 5.36. The van der Waals surface area contributed by atoms with Crippen LogP contribution >= 0.6 is 0 Å². The minimum atomic E-state index is -0.855. The second-order valence-corrected chi connectivity index (χ2v) is 2.91. The van der Waals surface area contributed by atoms with Crippen molar-refractivity contribution in [2.75, 3.05) is 6.54 Å². The molecule has 0 aromatic heterocycles. The number of benzene rings is 1. The summed E-state index contributed by atoms with van der Waals surface area (Å²) in [6.45, 7) is 1.70. The highest BCUT2D eigenvalue weighted by atomic mass is 19.1. The molecule has 3 nitrogen and oxygen atoms in total. The Hall–Kier alpha value is -1.13. The molecule has 1 unspecified atom stereocenters. The summed E-state index contributed by atoms with van der Waals surface area (Å²) in [7, 11) is 0. The monoisotopic (exact) mass is 185 g/mol. The van der Waals surface area contributed by atoms with Crippen LogP contribution in [0.3, 0.4) is 0 Å². The van der Waals surface area contributed by atoms with Crippen molar-refractivity contribution in [1.82, 2.24) is 0 Å². The van der Waals surface area contributed by atoms with E-state index in [9.17, 15) is 9.50 Å². The number of hydrogen-bond acceptors (Lipinski definition) is 3. The van der Waals surface area contributed by atoms with Gasteiger partial charge in [-0.25, -0.2) is 4.39 Å². The van der Waals surface area contributed by atoms with Crippen LogP contribution in [-0.4, -0.2) is 16.8 Å². The van der Waals surface area contributed by atoms with Crippen LogP contribution in [0.25, 0.3) is 0 Å². The van der Waals surface area contributed by atoms with E-state index in [4.69, 9.17) is 10.8 Å². The summed E-state index contributed by atoms with van der Waals surface area (Å²) in [5.41, 5.74) is 6.27. The molecule has 0 aliphatic heterocycles. The van der Waals surface area contributed by atoms with Gasteiger partial charge in [0.1, 0.15) is 0 Å². The molecule has 0 spiro atoms. The third-order valence-corrected chi connectivity index (χ3v) is 1.92. The van der Waals surface area contributed by atoms with E-state index in [1.807, 2.05) is 0 Å². The average molecular weight is 185 g/mol. The number of halogens is 1. The van der Waals surface area contributed by atoms with Crippen molar-refractivity contribution in [3.05, 3.63) is 29.1 Å². The molecule has 1 aromatic rings. The first kappa shape index (κ1) is 9.95. The van der Waals surface area contributed by atoms with Crippen LogP contribution in [-0.2, 0) is 0 Å². The van der Waals surface area contributed by atoms with Crippen molar-refractivity contribution in [3.63, 3.8) is 0 Å². The number of nitrogens with two attached hydrogens (primary N) is 1. The summed E-state index contributed by atoms with van der Waals surface area (Å²) in [5, 5.41) is 18.4. The number of aromatic hydroxyl groups is 1. The summed E-state index contributed by atoms with van der Waals surface area (Å²) < 4.78 is 12.8. The van der Waals surface area contributed by atoms with Crippen LogP contribution in [0.15, 0.2) is 12.1 Å². The molecule has 0 saturated carbocycles. The highest BCUT2D eigenvalue weighted by Gasteiger charge is 2.12. The molecule has 0 saturated heterocycles. The van der Waals surface area contributed by atoms with E-state index in [-0.39, 0.29) is 6.54 Å². The number of rotatable bonds is 2. The Morgan fingerprint density at radius 1 is 1.54 bits per heavy atom. The zero-order valence-electron chi connectivity index (χ0n) is 7.29. The van der Waals surface area contributed by atoms with Gasteiger partial charge in [-0.15, -0.1) is 0 Å². The smallest absolute Gasteiger partial charge is 0.165 e. The Morgan fingerprint density at radius 3 is 2.69 bits per heavy atom. The molecule has 0 radical (unpaired) electrons. The molecule has 0 aliphatic carbocycles. The van der Waals surface area contributed by atoms with Crippen LogP contribution in [0, 0.1) is 12.7 Å². The summed E-state index contributed by atoms with van der Waals surface area (Å²) >= 11 is 0. The predicted octanol–water partition coefficient (Wildman–Crippen LogP) is 0.832. The molecule has 0 bridgehead atoms. The van der Waals surface area contributed by atoms with Gasteiger partial charge in [-0.2, -0.15) is 0 Å². The number of hydrogen-bond donors (Lipinski definition) is 3. The third kappa shape index (κ3) is 1.96. The van der Waals surface area contributed by atoms with Gasteiger partial charge in [0.05, 0.1) is 6.10 Å². The van der Waals surface area contributed by atoms with Gasteiger partial charge in [-0.05, 0) is 30.2 Å². The lowest BCUT2D eigenvalue weighted by Crippen LogP contribution is -2.12. The zero-order valence-corrected chi connectivity index (χ0v) is 7.29. The summed E-state index contributed by atoms with van der Waals surface area (Å²) in [5.74, 6) is -1.15. The van der Waals surface area contributed by atoms with E-state index in [0.29, 0.717) is 11.1 Å². The standard InChI is InChI=1S/C9H12FNO2/c1-5-2-7(10)8(12)3-6(5)9(13)4-11/h2-3,9,12-13H,4,11H2,1H3. The fraction of sp³-hybridized carbons (Fsp3) is 0.333. The van der Waals surface area contributed by atoms with Gasteiger partial charge < -0.3 is 15.9 Å². The zero-order chi connectivity index (χ0) is 10.0. The maximum absolute atomic E-state index is 12.8. The number of aryl methyl sites for hydroxylation is 1. The van der Waals surface area contributed by atoms with Crippen LogP contribution in [0.4, 0.5) is 4.39 Å². The number of aliphatic hydroxyl groups excluding tert-OH is 1. The van der Waals surface area contributed by atoms with Crippen molar-refractivity contribution >= 4 is 0 Å². The minimum Gasteiger partial charge on any atom is -0.505 e. The first-order valence-corrected chi connectivity index (χ1v) is 3.93. The molecule has 4 N–H and O–H groups in total. The van der Waals surface area contributed by atoms with E-state index >= 15 is 0 Å². The second-order valence-electron chi connectivity index (χ2n) is 2.91.